The Labute approximate surface area is 107 Å². The van der Waals surface area contributed by atoms with Crippen molar-refractivity contribution in [2.45, 2.75) is 77.4 Å². The molecule has 2 nitrogen and oxygen atoms in total. The van der Waals surface area contributed by atoms with Gasteiger partial charge in [-0.1, -0.05) is 20.3 Å². The second kappa shape index (κ2) is 5.71. The molecule has 0 amide bonds. The molecule has 1 aliphatic heterocycles. The van der Waals surface area contributed by atoms with Crippen LogP contribution in [0.3, 0.4) is 0 Å². The van der Waals surface area contributed by atoms with Gasteiger partial charge in [0.2, 0.25) is 0 Å². The van der Waals surface area contributed by atoms with Crippen LogP contribution in [0.5, 0.6) is 0 Å². The molecule has 0 spiro atoms. The van der Waals surface area contributed by atoms with Crippen LogP contribution in [-0.2, 0) is 0 Å². The average Bonchev–Trinajstić information content (AvgIpc) is 2.32. The van der Waals surface area contributed by atoms with E-state index in [0.29, 0.717) is 12.1 Å². The van der Waals surface area contributed by atoms with Crippen molar-refractivity contribution in [3.8, 4) is 0 Å². The predicted molar refractivity (Wildman–Crippen MR) is 74.0 cm³/mol. The zero-order valence-electron chi connectivity index (χ0n) is 11.9. The maximum absolute atomic E-state index is 6.18. The van der Waals surface area contributed by atoms with Crippen LogP contribution in [0.4, 0.5) is 0 Å². The van der Waals surface area contributed by atoms with Gasteiger partial charge in [0.15, 0.2) is 0 Å². The summed E-state index contributed by atoms with van der Waals surface area (Å²) < 4.78 is 0. The number of hydrogen-bond acceptors (Lipinski definition) is 2. The van der Waals surface area contributed by atoms with Crippen molar-refractivity contribution in [2.75, 3.05) is 6.54 Å². The summed E-state index contributed by atoms with van der Waals surface area (Å²) >= 11 is 0. The Morgan fingerprint density at radius 1 is 1.06 bits per heavy atom. The summed E-state index contributed by atoms with van der Waals surface area (Å²) in [7, 11) is 0. The molecule has 5 unspecified atom stereocenters. The second-order valence-corrected chi connectivity index (χ2v) is 6.58. The van der Waals surface area contributed by atoms with Crippen LogP contribution in [0, 0.1) is 11.8 Å². The van der Waals surface area contributed by atoms with Crippen LogP contribution in [0.1, 0.15) is 59.3 Å². The first-order valence-corrected chi connectivity index (χ1v) is 7.61. The molecule has 0 aromatic carbocycles. The lowest BCUT2D eigenvalue weighted by Gasteiger charge is -2.46. The summed E-state index contributed by atoms with van der Waals surface area (Å²) in [5.41, 5.74) is 6.18. The van der Waals surface area contributed by atoms with E-state index in [2.05, 4.69) is 25.7 Å². The second-order valence-electron chi connectivity index (χ2n) is 6.58. The van der Waals surface area contributed by atoms with Crippen molar-refractivity contribution in [3.63, 3.8) is 0 Å². The van der Waals surface area contributed by atoms with Crippen molar-refractivity contribution >= 4 is 0 Å². The molecule has 0 bridgehead atoms. The third kappa shape index (κ3) is 3.03. The van der Waals surface area contributed by atoms with Crippen LogP contribution < -0.4 is 5.73 Å². The molecule has 0 radical (unpaired) electrons. The fourth-order valence-electron chi connectivity index (χ4n) is 3.82. The number of nitrogens with two attached hydrogens (primary N) is 1. The maximum Gasteiger partial charge on any atom is 0.0247 e. The normalized spacial score (nSPS) is 42.4. The zero-order chi connectivity index (χ0) is 12.4. The third-order valence-corrected chi connectivity index (χ3v) is 5.24. The number of hydrogen-bond donors (Lipinski definition) is 1. The first kappa shape index (κ1) is 13.4. The Morgan fingerprint density at radius 2 is 1.82 bits per heavy atom. The fraction of sp³-hybridized carbons (Fsp3) is 1.00. The molecule has 1 saturated carbocycles. The van der Waals surface area contributed by atoms with Crippen LogP contribution in [-0.4, -0.2) is 29.6 Å². The lowest BCUT2D eigenvalue weighted by atomic mass is 9.77. The van der Waals surface area contributed by atoms with Crippen molar-refractivity contribution in [2.24, 2.45) is 17.6 Å². The molecule has 2 rings (SSSR count). The monoisotopic (exact) mass is 238 g/mol. The van der Waals surface area contributed by atoms with Gasteiger partial charge in [-0.15, -0.1) is 0 Å². The molecule has 2 aliphatic rings. The minimum absolute atomic E-state index is 0.338. The molecule has 0 aromatic rings. The van der Waals surface area contributed by atoms with Gasteiger partial charge in [0, 0.05) is 18.1 Å². The predicted octanol–water partition coefficient (Wildman–Crippen LogP) is 3.01. The Hall–Kier alpha value is -0.0800. The fourth-order valence-corrected chi connectivity index (χ4v) is 3.82. The molecule has 0 aromatic heterocycles. The van der Waals surface area contributed by atoms with Gasteiger partial charge in [-0.05, 0) is 57.4 Å². The quantitative estimate of drug-likeness (QED) is 0.801. The third-order valence-electron chi connectivity index (χ3n) is 5.24. The smallest absolute Gasteiger partial charge is 0.0247 e. The van der Waals surface area contributed by atoms with Gasteiger partial charge >= 0.3 is 0 Å². The molecule has 1 saturated heterocycles. The number of rotatable bonds is 2. The number of nitrogens with zero attached hydrogens (tertiary/aromatic N) is 1. The van der Waals surface area contributed by atoms with E-state index in [1.54, 1.807) is 0 Å². The first-order chi connectivity index (χ1) is 8.09. The Morgan fingerprint density at radius 3 is 2.47 bits per heavy atom. The lowest BCUT2D eigenvalue weighted by molar-refractivity contribution is 0.0389. The van der Waals surface area contributed by atoms with Gasteiger partial charge in [0.25, 0.3) is 0 Å². The highest BCUT2D eigenvalue weighted by molar-refractivity contribution is 4.90. The van der Waals surface area contributed by atoms with Gasteiger partial charge in [0.05, 0.1) is 0 Å². The summed E-state index contributed by atoms with van der Waals surface area (Å²) in [5.74, 6) is 1.81. The highest BCUT2D eigenvalue weighted by atomic mass is 15.2. The van der Waals surface area contributed by atoms with E-state index < -0.39 is 0 Å². The molecular formula is C15H30N2. The van der Waals surface area contributed by atoms with E-state index in [1.165, 1.54) is 45.1 Å². The van der Waals surface area contributed by atoms with Gasteiger partial charge in [0.1, 0.15) is 0 Å². The zero-order valence-corrected chi connectivity index (χ0v) is 11.9. The van der Waals surface area contributed by atoms with Gasteiger partial charge in [-0.2, -0.15) is 0 Å². The number of likely N-dealkylation sites (tertiary alicyclic amines) is 1. The Balaban J connectivity index is 1.99. The molecule has 5 atom stereocenters. The molecule has 1 aliphatic carbocycles. The van der Waals surface area contributed by atoms with E-state index in [9.17, 15) is 0 Å². The Bertz CT molecular complexity index is 239. The number of piperidine rings is 1. The van der Waals surface area contributed by atoms with Crippen LogP contribution in [0.2, 0.25) is 0 Å². The topological polar surface area (TPSA) is 29.3 Å². The van der Waals surface area contributed by atoms with Crippen molar-refractivity contribution in [3.05, 3.63) is 0 Å². The van der Waals surface area contributed by atoms with E-state index in [4.69, 9.17) is 5.73 Å². The molecule has 1 heterocycles. The van der Waals surface area contributed by atoms with E-state index in [-0.39, 0.29) is 0 Å². The average molecular weight is 238 g/mol. The summed E-state index contributed by atoms with van der Waals surface area (Å²) in [6, 6.07) is 1.80. The summed E-state index contributed by atoms with van der Waals surface area (Å²) in [6.45, 7) is 8.33. The standard InChI is InChI=1S/C15H30N2/c1-11-7-8-14(10-12(11)2)17-9-5-4-6-15(17)13(3)16/h11-15H,4-10,16H2,1-3H3. The minimum Gasteiger partial charge on any atom is -0.327 e. The maximum atomic E-state index is 6.18. The van der Waals surface area contributed by atoms with Gasteiger partial charge in [-0.25, -0.2) is 0 Å². The first-order valence-electron chi connectivity index (χ1n) is 7.61. The summed E-state index contributed by atoms with van der Waals surface area (Å²) in [5, 5.41) is 0. The molecule has 100 valence electrons. The van der Waals surface area contributed by atoms with Gasteiger partial charge < -0.3 is 5.73 Å². The highest BCUT2D eigenvalue weighted by Crippen LogP contribution is 2.35. The van der Waals surface area contributed by atoms with E-state index in [0.717, 1.165) is 17.9 Å². The summed E-state index contributed by atoms with van der Waals surface area (Å²) in [4.78, 5) is 2.76. The summed E-state index contributed by atoms with van der Waals surface area (Å²) in [6.07, 6.45) is 8.27. The minimum atomic E-state index is 0.338. The molecular weight excluding hydrogens is 208 g/mol. The Kier molecular flexibility index (Phi) is 4.48. The molecule has 17 heavy (non-hydrogen) atoms. The largest absolute Gasteiger partial charge is 0.327 e. The van der Waals surface area contributed by atoms with Crippen molar-refractivity contribution in [1.29, 1.82) is 0 Å². The SMILES string of the molecule is CC(N)C1CCCCN1C1CCC(C)C(C)C1. The van der Waals surface area contributed by atoms with Crippen LogP contribution in [0.25, 0.3) is 0 Å². The molecule has 2 fully saturated rings. The lowest BCUT2D eigenvalue weighted by Crippen LogP contribution is -2.54. The van der Waals surface area contributed by atoms with Gasteiger partial charge in [-0.3, -0.25) is 4.90 Å². The molecule has 2 N–H and O–H groups in total. The van der Waals surface area contributed by atoms with E-state index in [1.807, 2.05) is 0 Å². The highest BCUT2D eigenvalue weighted by Gasteiger charge is 2.34. The van der Waals surface area contributed by atoms with Crippen LogP contribution >= 0.6 is 0 Å². The van der Waals surface area contributed by atoms with Crippen LogP contribution in [0.15, 0.2) is 0 Å². The van der Waals surface area contributed by atoms with Crippen molar-refractivity contribution < 1.29 is 0 Å². The van der Waals surface area contributed by atoms with E-state index >= 15 is 0 Å². The molecule has 2 heteroatoms. The van der Waals surface area contributed by atoms with Crippen molar-refractivity contribution in [1.82, 2.24) is 4.90 Å².